The Kier molecular flexibility index (Phi) is 3.98. The molecule has 1 aromatic rings. The average molecular weight is 416 g/mol. The second-order valence-electron chi connectivity index (χ2n) is 7.74. The molecule has 0 unspecified atom stereocenters. The van der Waals surface area contributed by atoms with Gasteiger partial charge in [-0.25, -0.2) is 22.0 Å². The minimum atomic E-state index is -3.81. The molecular weight excluding hydrogens is 398 g/mol. The van der Waals surface area contributed by atoms with Crippen molar-refractivity contribution in [3.63, 3.8) is 0 Å². The number of alkyl halides is 2. The maximum absolute atomic E-state index is 13.1. The predicted molar refractivity (Wildman–Crippen MR) is 92.4 cm³/mol. The van der Waals surface area contributed by atoms with Gasteiger partial charge in [-0.15, -0.1) is 0 Å². The molecule has 28 heavy (non-hydrogen) atoms. The van der Waals surface area contributed by atoms with Crippen molar-refractivity contribution in [2.75, 3.05) is 13.1 Å². The lowest BCUT2D eigenvalue weighted by atomic mass is 9.94. The number of fused-ring (bicyclic) bond motifs is 1. The number of hydrogen-bond acceptors (Lipinski definition) is 5. The van der Waals surface area contributed by atoms with Gasteiger partial charge in [-0.2, -0.15) is 0 Å². The lowest BCUT2D eigenvalue weighted by Crippen LogP contribution is -2.54. The molecule has 2 fully saturated rings. The van der Waals surface area contributed by atoms with Crippen molar-refractivity contribution in [3.05, 3.63) is 33.7 Å². The molecule has 1 aliphatic heterocycles. The molecule has 0 aromatic carbocycles. The van der Waals surface area contributed by atoms with Gasteiger partial charge in [0.15, 0.2) is 9.84 Å². The summed E-state index contributed by atoms with van der Waals surface area (Å²) in [4.78, 5) is 37.3. The molecule has 0 atom stereocenters. The Morgan fingerprint density at radius 2 is 1.82 bits per heavy atom. The summed E-state index contributed by atoms with van der Waals surface area (Å²) in [5.41, 5.74) is -1.25. The number of carboxylic acids is 1. The molecule has 152 valence electrons. The highest BCUT2D eigenvalue weighted by Gasteiger charge is 2.63. The molecule has 2 aliphatic carbocycles. The molecule has 0 radical (unpaired) electrons. The van der Waals surface area contributed by atoms with Gasteiger partial charge in [0.1, 0.15) is 11.3 Å². The topological polar surface area (TPSA) is 114 Å². The largest absolute Gasteiger partial charge is 0.477 e. The van der Waals surface area contributed by atoms with Crippen LogP contribution in [-0.4, -0.2) is 63.9 Å². The fourth-order valence-corrected chi connectivity index (χ4v) is 6.62. The zero-order valence-electron chi connectivity index (χ0n) is 14.7. The zero-order valence-corrected chi connectivity index (χ0v) is 15.5. The summed E-state index contributed by atoms with van der Waals surface area (Å²) in [6.45, 7) is -0.0172. The number of sulfone groups is 1. The van der Waals surface area contributed by atoms with Crippen molar-refractivity contribution in [1.82, 2.24) is 9.47 Å². The SMILES string of the molecule is O=C(O)c1ccc2n(c1=O)CCN(CC1(S(=O)(=O)C3CC(F)(F)C3)CC1)C2=O. The quantitative estimate of drug-likeness (QED) is 0.758. The van der Waals surface area contributed by atoms with Crippen molar-refractivity contribution < 1.29 is 31.9 Å². The van der Waals surface area contributed by atoms with Crippen molar-refractivity contribution in [2.45, 2.75) is 48.1 Å². The Morgan fingerprint density at radius 1 is 1.18 bits per heavy atom. The van der Waals surface area contributed by atoms with Crippen LogP contribution in [0.2, 0.25) is 0 Å². The van der Waals surface area contributed by atoms with Crippen molar-refractivity contribution in [2.24, 2.45) is 0 Å². The van der Waals surface area contributed by atoms with Crippen LogP contribution in [0.5, 0.6) is 0 Å². The van der Waals surface area contributed by atoms with Crippen LogP contribution in [0.4, 0.5) is 8.78 Å². The van der Waals surface area contributed by atoms with Crippen LogP contribution in [0.3, 0.4) is 0 Å². The molecule has 3 aliphatic rings. The summed E-state index contributed by atoms with van der Waals surface area (Å²) in [5.74, 6) is -4.91. The number of pyridine rings is 1. The second kappa shape index (κ2) is 5.85. The van der Waals surface area contributed by atoms with Crippen molar-refractivity contribution >= 4 is 21.7 Å². The maximum atomic E-state index is 13.1. The van der Waals surface area contributed by atoms with Gasteiger partial charge in [0.25, 0.3) is 17.4 Å². The normalized spacial score (nSPS) is 23.1. The number of rotatable bonds is 5. The van der Waals surface area contributed by atoms with Crippen LogP contribution in [0.1, 0.15) is 46.5 Å². The summed E-state index contributed by atoms with van der Waals surface area (Å²) in [7, 11) is -3.81. The first-order valence-electron chi connectivity index (χ1n) is 8.85. The van der Waals surface area contributed by atoms with Crippen LogP contribution in [-0.2, 0) is 16.4 Å². The van der Waals surface area contributed by atoms with E-state index in [2.05, 4.69) is 0 Å². The van der Waals surface area contributed by atoms with E-state index in [0.29, 0.717) is 12.8 Å². The van der Waals surface area contributed by atoms with Crippen LogP contribution in [0.15, 0.2) is 16.9 Å². The molecule has 11 heteroatoms. The average Bonchev–Trinajstić information content (AvgIpc) is 3.37. The lowest BCUT2D eigenvalue weighted by Gasteiger charge is -2.38. The van der Waals surface area contributed by atoms with E-state index in [9.17, 15) is 31.6 Å². The zero-order chi connectivity index (χ0) is 20.5. The number of aromatic carboxylic acids is 1. The Labute approximate surface area is 158 Å². The van der Waals surface area contributed by atoms with Gasteiger partial charge in [0, 0.05) is 32.5 Å². The van der Waals surface area contributed by atoms with E-state index < -0.39 is 61.6 Å². The van der Waals surface area contributed by atoms with Crippen LogP contribution < -0.4 is 5.56 Å². The van der Waals surface area contributed by atoms with E-state index >= 15 is 0 Å². The van der Waals surface area contributed by atoms with Crippen LogP contribution in [0.25, 0.3) is 0 Å². The number of carbonyl (C=O) groups excluding carboxylic acids is 1. The molecule has 4 rings (SSSR count). The molecule has 0 spiro atoms. The number of halogens is 2. The first-order valence-corrected chi connectivity index (χ1v) is 10.4. The molecule has 2 heterocycles. The molecule has 1 amide bonds. The third-order valence-corrected chi connectivity index (χ3v) is 8.84. The van der Waals surface area contributed by atoms with E-state index in [4.69, 9.17) is 5.11 Å². The summed E-state index contributed by atoms with van der Waals surface area (Å²) < 4.78 is 51.7. The van der Waals surface area contributed by atoms with Gasteiger partial charge in [0.05, 0.1) is 10.00 Å². The molecule has 1 N–H and O–H groups in total. The van der Waals surface area contributed by atoms with Gasteiger partial charge >= 0.3 is 5.97 Å². The minimum Gasteiger partial charge on any atom is -0.477 e. The molecule has 0 bridgehead atoms. The van der Waals surface area contributed by atoms with Gasteiger partial charge < -0.3 is 14.6 Å². The second-order valence-corrected chi connectivity index (χ2v) is 10.4. The first kappa shape index (κ1) is 19.0. The smallest absolute Gasteiger partial charge is 0.341 e. The maximum Gasteiger partial charge on any atom is 0.341 e. The third kappa shape index (κ3) is 2.75. The molecule has 8 nitrogen and oxygen atoms in total. The van der Waals surface area contributed by atoms with E-state index in [-0.39, 0.29) is 25.3 Å². The summed E-state index contributed by atoms with van der Waals surface area (Å²) in [6.07, 6.45) is -0.736. The van der Waals surface area contributed by atoms with Gasteiger partial charge in [-0.1, -0.05) is 0 Å². The highest BCUT2D eigenvalue weighted by molar-refractivity contribution is 7.93. The number of carbonyl (C=O) groups is 2. The Morgan fingerprint density at radius 3 is 2.36 bits per heavy atom. The fraction of sp³-hybridized carbons (Fsp3) is 0.588. The summed E-state index contributed by atoms with van der Waals surface area (Å²) >= 11 is 0. The summed E-state index contributed by atoms with van der Waals surface area (Å²) in [6, 6.07) is 2.29. The number of aromatic nitrogens is 1. The number of hydrogen-bond donors (Lipinski definition) is 1. The fourth-order valence-electron chi connectivity index (χ4n) is 3.98. The van der Waals surface area contributed by atoms with Crippen LogP contribution >= 0.6 is 0 Å². The highest BCUT2D eigenvalue weighted by atomic mass is 32.2. The minimum absolute atomic E-state index is 0.00961. The Hall–Kier alpha value is -2.30. The molecule has 0 saturated heterocycles. The Balaban J connectivity index is 1.56. The monoisotopic (exact) mass is 416 g/mol. The summed E-state index contributed by atoms with van der Waals surface area (Å²) in [5, 5.41) is 7.94. The standard InChI is InChI=1S/C17H18F2N2O6S/c18-17(19)7-10(8-17)28(26,27)16(3-4-16)9-20-5-6-21-12(14(20)23)2-1-11(13(21)22)15(24)25/h1-2,10H,3-9H2,(H,24,25). The first-order chi connectivity index (χ1) is 13.0. The Bertz CT molecular complexity index is 1040. The van der Waals surface area contributed by atoms with Gasteiger partial charge in [-0.3, -0.25) is 9.59 Å². The number of amides is 1. The number of carboxylic acid groups (broad SMARTS) is 1. The highest BCUT2D eigenvalue weighted by Crippen LogP contribution is 2.52. The van der Waals surface area contributed by atoms with Crippen LogP contribution in [0, 0.1) is 0 Å². The van der Waals surface area contributed by atoms with E-state index in [1.165, 1.54) is 11.0 Å². The van der Waals surface area contributed by atoms with Gasteiger partial charge in [-0.05, 0) is 25.0 Å². The molecule has 1 aromatic heterocycles. The van der Waals surface area contributed by atoms with Gasteiger partial charge in [0.2, 0.25) is 0 Å². The lowest BCUT2D eigenvalue weighted by molar-refractivity contribution is -0.0688. The van der Waals surface area contributed by atoms with E-state index in [1.54, 1.807) is 0 Å². The third-order valence-electron chi connectivity index (χ3n) is 5.89. The predicted octanol–water partition coefficient (Wildman–Crippen LogP) is 0.747. The molecular formula is C17H18F2N2O6S. The van der Waals surface area contributed by atoms with Crippen molar-refractivity contribution in [1.29, 1.82) is 0 Å². The number of nitrogens with zero attached hydrogens (tertiary/aromatic N) is 2. The molecule has 2 saturated carbocycles. The van der Waals surface area contributed by atoms with Crippen molar-refractivity contribution in [3.8, 4) is 0 Å². The van der Waals surface area contributed by atoms with E-state index in [1.807, 2.05) is 0 Å². The van der Waals surface area contributed by atoms with E-state index in [0.717, 1.165) is 10.6 Å².